The Balaban J connectivity index is 2.26. The monoisotopic (exact) mass is 353 g/mol. The van der Waals surface area contributed by atoms with Crippen LogP contribution in [0.5, 0.6) is 0 Å². The lowest BCUT2D eigenvalue weighted by Crippen LogP contribution is -2.38. The second-order valence-electron chi connectivity index (χ2n) is 6.08. The van der Waals surface area contributed by atoms with Gasteiger partial charge in [0.25, 0.3) is 21.8 Å². The number of benzene rings is 1. The lowest BCUT2D eigenvalue weighted by atomic mass is 10.1. The van der Waals surface area contributed by atoms with Crippen LogP contribution in [0.1, 0.15) is 48.4 Å². The van der Waals surface area contributed by atoms with E-state index in [0.29, 0.717) is 6.54 Å². The van der Waals surface area contributed by atoms with Crippen molar-refractivity contribution in [3.63, 3.8) is 0 Å². The van der Waals surface area contributed by atoms with Crippen molar-refractivity contribution < 1.29 is 18.0 Å². The Bertz CT molecular complexity index is 759. The lowest BCUT2D eigenvalue weighted by Gasteiger charge is -2.18. The van der Waals surface area contributed by atoms with E-state index in [1.807, 2.05) is 13.8 Å². The molecule has 0 radical (unpaired) electrons. The minimum absolute atomic E-state index is 0.103. The van der Waals surface area contributed by atoms with Gasteiger partial charge in [-0.1, -0.05) is 6.92 Å². The Kier molecular flexibility index (Phi) is 5.29. The molecule has 0 saturated heterocycles. The molecule has 1 aromatic carbocycles. The number of likely N-dealkylation sites (N-methyl/N-ethyl adjacent to an activating group) is 1. The Hall–Kier alpha value is -1.93. The molecule has 0 aromatic heterocycles. The number of fused-ring (bicyclic) bond motifs is 1. The molecule has 1 heterocycles. The first kappa shape index (κ1) is 18.4. The fourth-order valence-corrected chi connectivity index (χ4v) is 4.46. The highest BCUT2D eigenvalue weighted by molar-refractivity contribution is 7.90. The highest BCUT2D eigenvalue weighted by Crippen LogP contribution is 2.32. The fraction of sp³-hybridized carbons (Fsp3) is 0.500. The second-order valence-corrected chi connectivity index (χ2v) is 7.86. The smallest absolute Gasteiger partial charge is 0.269 e. The van der Waals surface area contributed by atoms with Crippen LogP contribution in [-0.4, -0.2) is 49.7 Å². The molecule has 0 unspecified atom stereocenters. The summed E-state index contributed by atoms with van der Waals surface area (Å²) in [6, 6.07) is 3.78. The fourth-order valence-electron chi connectivity index (χ4n) is 2.67. The van der Waals surface area contributed by atoms with E-state index in [-0.39, 0.29) is 28.0 Å². The predicted octanol–water partition coefficient (Wildman–Crippen LogP) is 0.967. The van der Waals surface area contributed by atoms with E-state index in [1.54, 1.807) is 13.8 Å². The Labute approximate surface area is 142 Å². The summed E-state index contributed by atoms with van der Waals surface area (Å²) in [6.45, 7) is 8.40. The number of hydrogen-bond acceptors (Lipinski definition) is 5. The van der Waals surface area contributed by atoms with Gasteiger partial charge in [0.1, 0.15) is 4.90 Å². The van der Waals surface area contributed by atoms with Crippen molar-refractivity contribution in [3.05, 3.63) is 29.3 Å². The van der Waals surface area contributed by atoms with Crippen molar-refractivity contribution in [1.29, 1.82) is 0 Å². The molecule has 0 bridgehead atoms. The van der Waals surface area contributed by atoms with Gasteiger partial charge < -0.3 is 10.6 Å². The highest BCUT2D eigenvalue weighted by atomic mass is 32.2. The molecule has 2 rings (SSSR count). The van der Waals surface area contributed by atoms with Gasteiger partial charge in [0.05, 0.1) is 5.56 Å². The zero-order valence-corrected chi connectivity index (χ0v) is 15.1. The van der Waals surface area contributed by atoms with E-state index >= 15 is 0 Å². The van der Waals surface area contributed by atoms with Crippen molar-refractivity contribution in [1.82, 2.24) is 14.9 Å². The molecule has 7 nitrogen and oxygen atoms in total. The number of carbonyl (C=O) groups is 2. The van der Waals surface area contributed by atoms with Gasteiger partial charge in [0, 0.05) is 24.2 Å². The molecule has 1 aromatic rings. The van der Waals surface area contributed by atoms with Gasteiger partial charge in [-0.25, -0.2) is 12.7 Å². The molecule has 0 aliphatic carbocycles. The Morgan fingerprint density at radius 1 is 1.25 bits per heavy atom. The topological polar surface area (TPSA) is 95.6 Å². The van der Waals surface area contributed by atoms with Gasteiger partial charge >= 0.3 is 0 Å². The predicted molar refractivity (Wildman–Crippen MR) is 90.4 cm³/mol. The van der Waals surface area contributed by atoms with Gasteiger partial charge in [-0.3, -0.25) is 9.59 Å². The summed E-state index contributed by atoms with van der Waals surface area (Å²) in [5.74, 6) is -0.916. The zero-order chi connectivity index (χ0) is 18.1. The average Bonchev–Trinajstić information content (AvgIpc) is 2.71. The third kappa shape index (κ3) is 3.29. The van der Waals surface area contributed by atoms with Crippen molar-refractivity contribution >= 4 is 21.8 Å². The van der Waals surface area contributed by atoms with Crippen LogP contribution < -0.4 is 10.6 Å². The molecule has 0 spiro atoms. The summed E-state index contributed by atoms with van der Waals surface area (Å²) in [6.07, 6.45) is 0. The third-order valence-corrected chi connectivity index (χ3v) is 5.80. The maximum atomic E-state index is 12.5. The molecule has 2 N–H and O–H groups in total. The number of nitrogens with one attached hydrogen (secondary N) is 2. The molecule has 1 aliphatic heterocycles. The van der Waals surface area contributed by atoms with Crippen molar-refractivity contribution in [2.24, 2.45) is 0 Å². The van der Waals surface area contributed by atoms with Crippen LogP contribution in [0.4, 0.5) is 0 Å². The largest absolute Gasteiger partial charge is 0.350 e. The maximum absolute atomic E-state index is 12.5. The number of rotatable bonds is 6. The number of hydrogen-bond donors (Lipinski definition) is 2. The molecule has 8 heteroatoms. The zero-order valence-electron chi connectivity index (χ0n) is 14.3. The average molecular weight is 353 g/mol. The van der Waals surface area contributed by atoms with E-state index in [0.717, 1.165) is 10.8 Å². The van der Waals surface area contributed by atoms with Crippen LogP contribution in [-0.2, 0) is 10.0 Å². The van der Waals surface area contributed by atoms with Crippen molar-refractivity contribution in [3.8, 4) is 0 Å². The van der Waals surface area contributed by atoms with Gasteiger partial charge in [0.2, 0.25) is 0 Å². The Morgan fingerprint density at radius 3 is 2.50 bits per heavy atom. The number of sulfonamides is 1. The summed E-state index contributed by atoms with van der Waals surface area (Å²) in [5.41, 5.74) is 0.334. The number of nitrogens with zero attached hydrogens (tertiary/aromatic N) is 1. The summed E-state index contributed by atoms with van der Waals surface area (Å²) in [5, 5.41) is 5.92. The molecule has 132 valence electrons. The van der Waals surface area contributed by atoms with Crippen LogP contribution in [0.15, 0.2) is 23.1 Å². The van der Waals surface area contributed by atoms with Gasteiger partial charge in [-0.05, 0) is 45.5 Å². The molecule has 1 aliphatic rings. The standard InChI is InChI=1S/C16H23N3O4S/c1-5-17-11(4)9-18-15(20)12-6-7-13-14(8-12)24(22,23)19(10(2)3)16(13)21/h6-8,10-11,17H,5,9H2,1-4H3,(H,18,20)/t11-/m1/s1. The number of carbonyl (C=O) groups excluding carboxylic acids is 2. The van der Waals surface area contributed by atoms with Gasteiger partial charge in [-0.15, -0.1) is 0 Å². The lowest BCUT2D eigenvalue weighted by molar-refractivity contribution is 0.0845. The third-order valence-electron chi connectivity index (χ3n) is 3.80. The van der Waals surface area contributed by atoms with Gasteiger partial charge in [0.15, 0.2) is 0 Å². The van der Waals surface area contributed by atoms with Crippen LogP contribution in [0.3, 0.4) is 0 Å². The second kappa shape index (κ2) is 6.90. The van der Waals surface area contributed by atoms with E-state index in [2.05, 4.69) is 10.6 Å². The first-order chi connectivity index (χ1) is 11.2. The minimum Gasteiger partial charge on any atom is -0.350 e. The molecule has 1 atom stereocenters. The van der Waals surface area contributed by atoms with Crippen molar-refractivity contribution in [2.45, 2.75) is 44.7 Å². The summed E-state index contributed by atoms with van der Waals surface area (Å²) in [7, 11) is -3.90. The number of amides is 2. The highest BCUT2D eigenvalue weighted by Gasteiger charge is 2.42. The molecular weight excluding hydrogens is 330 g/mol. The summed E-state index contributed by atoms with van der Waals surface area (Å²) >= 11 is 0. The van der Waals surface area contributed by atoms with Crippen LogP contribution >= 0.6 is 0 Å². The molecule has 2 amide bonds. The van der Waals surface area contributed by atoms with Gasteiger partial charge in [-0.2, -0.15) is 0 Å². The molecule has 24 heavy (non-hydrogen) atoms. The summed E-state index contributed by atoms with van der Waals surface area (Å²) < 4.78 is 25.9. The minimum atomic E-state index is -3.90. The quantitative estimate of drug-likeness (QED) is 0.794. The van der Waals surface area contributed by atoms with Crippen LogP contribution in [0, 0.1) is 0 Å². The normalized spacial score (nSPS) is 17.0. The SMILES string of the molecule is CCN[C@H](C)CNC(=O)c1ccc2c(c1)S(=O)(=O)N(C(C)C)C2=O. The summed E-state index contributed by atoms with van der Waals surface area (Å²) in [4.78, 5) is 24.4. The van der Waals surface area contributed by atoms with Crippen LogP contribution in [0.25, 0.3) is 0 Å². The first-order valence-corrected chi connectivity index (χ1v) is 9.38. The van der Waals surface area contributed by atoms with E-state index < -0.39 is 22.0 Å². The van der Waals surface area contributed by atoms with Crippen molar-refractivity contribution in [2.75, 3.05) is 13.1 Å². The van der Waals surface area contributed by atoms with E-state index in [4.69, 9.17) is 0 Å². The Morgan fingerprint density at radius 2 is 1.92 bits per heavy atom. The van der Waals surface area contributed by atoms with Crippen LogP contribution in [0.2, 0.25) is 0 Å². The maximum Gasteiger partial charge on any atom is 0.269 e. The molecular formula is C16H23N3O4S. The molecule has 0 fully saturated rings. The van der Waals surface area contributed by atoms with E-state index in [1.165, 1.54) is 18.2 Å². The van der Waals surface area contributed by atoms with E-state index in [9.17, 15) is 18.0 Å². The first-order valence-electron chi connectivity index (χ1n) is 7.94. The molecule has 0 saturated carbocycles.